The SMILES string of the molecule is CC(C)(C)OC(=O)NCCCN(CCCCNC(=O)C(CCO)NC(=O)CCCCCCN=C(N)N)C(=O)OC(C)(C)C. The van der Waals surface area contributed by atoms with E-state index in [1.54, 1.807) is 46.4 Å². The molecule has 0 radical (unpaired) electrons. The summed E-state index contributed by atoms with van der Waals surface area (Å²) >= 11 is 0. The first kappa shape index (κ1) is 39.7. The predicted molar refractivity (Wildman–Crippen MR) is 166 cm³/mol. The highest BCUT2D eigenvalue weighted by atomic mass is 16.6. The second kappa shape index (κ2) is 21.4. The van der Waals surface area contributed by atoms with Crippen molar-refractivity contribution < 1.29 is 33.8 Å². The fraction of sp³-hybridized carbons (Fsp3) is 0.828. The Labute approximate surface area is 257 Å². The van der Waals surface area contributed by atoms with Gasteiger partial charge in [0.1, 0.15) is 17.2 Å². The van der Waals surface area contributed by atoms with Crippen molar-refractivity contribution in [3.63, 3.8) is 0 Å². The molecule has 0 aromatic carbocycles. The number of hydrogen-bond donors (Lipinski definition) is 6. The van der Waals surface area contributed by atoms with E-state index in [4.69, 9.17) is 20.9 Å². The third-order valence-electron chi connectivity index (χ3n) is 5.75. The lowest BCUT2D eigenvalue weighted by molar-refractivity contribution is -0.129. The van der Waals surface area contributed by atoms with Gasteiger partial charge in [-0.05, 0) is 80.1 Å². The minimum atomic E-state index is -0.824. The van der Waals surface area contributed by atoms with Crippen LogP contribution in [0.5, 0.6) is 0 Å². The molecular weight excluding hydrogens is 558 g/mol. The van der Waals surface area contributed by atoms with Crippen molar-refractivity contribution in [2.45, 2.75) is 117 Å². The molecule has 250 valence electrons. The van der Waals surface area contributed by atoms with E-state index in [0.29, 0.717) is 58.4 Å². The van der Waals surface area contributed by atoms with Crippen LogP contribution in [0.15, 0.2) is 4.99 Å². The van der Waals surface area contributed by atoms with Crippen LogP contribution in [0.2, 0.25) is 0 Å². The number of ether oxygens (including phenoxy) is 2. The number of nitrogens with one attached hydrogen (secondary N) is 3. The molecular formula is C29H57N7O7. The minimum Gasteiger partial charge on any atom is -0.444 e. The van der Waals surface area contributed by atoms with Crippen LogP contribution >= 0.6 is 0 Å². The normalized spacial score (nSPS) is 12.1. The number of unbranched alkanes of at least 4 members (excludes halogenated alkanes) is 4. The van der Waals surface area contributed by atoms with E-state index in [9.17, 15) is 24.3 Å². The quantitative estimate of drug-likeness (QED) is 0.0672. The lowest BCUT2D eigenvalue weighted by Gasteiger charge is -2.27. The number of carbonyl (C=O) groups excluding carboxylic acids is 4. The van der Waals surface area contributed by atoms with Gasteiger partial charge >= 0.3 is 12.2 Å². The van der Waals surface area contributed by atoms with Gasteiger partial charge in [0, 0.05) is 45.8 Å². The number of rotatable bonds is 20. The van der Waals surface area contributed by atoms with Gasteiger partial charge in [-0.3, -0.25) is 14.6 Å². The molecule has 4 amide bonds. The minimum absolute atomic E-state index is 0.0666. The third kappa shape index (κ3) is 23.9. The Balaban J connectivity index is 4.57. The molecule has 0 heterocycles. The molecule has 0 aromatic rings. The molecule has 1 atom stereocenters. The van der Waals surface area contributed by atoms with Gasteiger partial charge in [-0.25, -0.2) is 9.59 Å². The van der Waals surface area contributed by atoms with Gasteiger partial charge in [0.15, 0.2) is 5.96 Å². The third-order valence-corrected chi connectivity index (χ3v) is 5.75. The average Bonchev–Trinajstić information content (AvgIpc) is 2.86. The van der Waals surface area contributed by atoms with Crippen LogP contribution in [0.25, 0.3) is 0 Å². The number of amides is 4. The summed E-state index contributed by atoms with van der Waals surface area (Å²) in [6, 6.07) is -0.824. The molecule has 0 rings (SSSR count). The molecule has 0 aliphatic carbocycles. The largest absolute Gasteiger partial charge is 0.444 e. The summed E-state index contributed by atoms with van der Waals surface area (Å²) in [6.45, 7) is 12.5. The number of alkyl carbamates (subject to hydrolysis) is 1. The second-order valence-corrected chi connectivity index (χ2v) is 12.4. The number of aliphatic imine (C=N–C) groups is 1. The summed E-state index contributed by atoms with van der Waals surface area (Å²) in [5.41, 5.74) is 9.33. The van der Waals surface area contributed by atoms with E-state index in [1.165, 1.54) is 0 Å². The van der Waals surface area contributed by atoms with Gasteiger partial charge in [0.2, 0.25) is 11.8 Å². The Morgan fingerprint density at radius 3 is 2.02 bits per heavy atom. The number of hydrogen-bond acceptors (Lipinski definition) is 8. The first-order valence-corrected chi connectivity index (χ1v) is 15.2. The maximum Gasteiger partial charge on any atom is 0.410 e. The second-order valence-electron chi connectivity index (χ2n) is 12.4. The van der Waals surface area contributed by atoms with Gasteiger partial charge in [-0.2, -0.15) is 0 Å². The van der Waals surface area contributed by atoms with Crippen LogP contribution in [0.3, 0.4) is 0 Å². The van der Waals surface area contributed by atoms with Gasteiger partial charge in [0.25, 0.3) is 0 Å². The van der Waals surface area contributed by atoms with Crippen molar-refractivity contribution in [2.24, 2.45) is 16.5 Å². The van der Waals surface area contributed by atoms with Crippen LogP contribution in [0.4, 0.5) is 9.59 Å². The number of aliphatic hydroxyl groups excluding tert-OH is 1. The highest BCUT2D eigenvalue weighted by molar-refractivity contribution is 5.87. The molecule has 0 bridgehead atoms. The van der Waals surface area contributed by atoms with Crippen molar-refractivity contribution in [3.05, 3.63) is 0 Å². The van der Waals surface area contributed by atoms with Crippen molar-refractivity contribution in [3.8, 4) is 0 Å². The predicted octanol–water partition coefficient (Wildman–Crippen LogP) is 2.13. The summed E-state index contributed by atoms with van der Waals surface area (Å²) in [4.78, 5) is 55.1. The summed E-state index contributed by atoms with van der Waals surface area (Å²) in [5.74, 6) is -0.541. The van der Waals surface area contributed by atoms with E-state index in [2.05, 4.69) is 20.9 Å². The van der Waals surface area contributed by atoms with Crippen LogP contribution in [0, 0.1) is 0 Å². The van der Waals surface area contributed by atoms with E-state index in [-0.39, 0.29) is 37.2 Å². The highest BCUT2D eigenvalue weighted by Crippen LogP contribution is 2.11. The van der Waals surface area contributed by atoms with Gasteiger partial charge in [0.05, 0.1) is 0 Å². The number of aliphatic hydroxyl groups is 1. The first-order chi connectivity index (χ1) is 20.0. The molecule has 8 N–H and O–H groups in total. The molecule has 14 nitrogen and oxygen atoms in total. The van der Waals surface area contributed by atoms with Gasteiger partial charge in [-0.1, -0.05) is 12.8 Å². The van der Waals surface area contributed by atoms with Crippen LogP contribution < -0.4 is 27.4 Å². The summed E-state index contributed by atoms with van der Waals surface area (Å²) in [5, 5.41) is 17.6. The zero-order chi connectivity index (χ0) is 32.9. The van der Waals surface area contributed by atoms with E-state index >= 15 is 0 Å². The Bertz CT molecular complexity index is 866. The first-order valence-electron chi connectivity index (χ1n) is 15.2. The number of carbonyl (C=O) groups is 4. The maximum atomic E-state index is 12.7. The van der Waals surface area contributed by atoms with E-state index in [1.807, 2.05) is 0 Å². The lowest BCUT2D eigenvalue weighted by Crippen LogP contribution is -2.47. The van der Waals surface area contributed by atoms with E-state index < -0.39 is 29.4 Å². The van der Waals surface area contributed by atoms with Crippen molar-refractivity contribution >= 4 is 30.0 Å². The van der Waals surface area contributed by atoms with Crippen molar-refractivity contribution in [1.29, 1.82) is 0 Å². The molecule has 0 spiro atoms. The van der Waals surface area contributed by atoms with Crippen LogP contribution in [-0.2, 0) is 19.1 Å². The number of nitrogens with zero attached hydrogens (tertiary/aromatic N) is 2. The lowest BCUT2D eigenvalue weighted by atomic mass is 10.1. The van der Waals surface area contributed by atoms with Gasteiger partial charge < -0.3 is 46.9 Å². The molecule has 14 heteroatoms. The van der Waals surface area contributed by atoms with Crippen molar-refractivity contribution in [2.75, 3.05) is 39.3 Å². The Kier molecular flexibility index (Phi) is 19.8. The molecule has 0 saturated carbocycles. The van der Waals surface area contributed by atoms with E-state index in [0.717, 1.165) is 19.3 Å². The fourth-order valence-corrected chi connectivity index (χ4v) is 3.78. The Morgan fingerprint density at radius 1 is 0.814 bits per heavy atom. The average molecular weight is 616 g/mol. The van der Waals surface area contributed by atoms with Crippen LogP contribution in [-0.4, -0.2) is 96.5 Å². The molecule has 0 aromatic heterocycles. The van der Waals surface area contributed by atoms with Crippen molar-refractivity contribution in [1.82, 2.24) is 20.9 Å². The fourth-order valence-electron chi connectivity index (χ4n) is 3.78. The molecule has 0 fully saturated rings. The molecule has 43 heavy (non-hydrogen) atoms. The molecule has 1 unspecified atom stereocenters. The molecule has 0 saturated heterocycles. The summed E-state index contributed by atoms with van der Waals surface area (Å²) in [7, 11) is 0. The Hall–Kier alpha value is -3.29. The summed E-state index contributed by atoms with van der Waals surface area (Å²) in [6.07, 6.45) is 4.35. The van der Waals surface area contributed by atoms with Crippen LogP contribution in [0.1, 0.15) is 99.3 Å². The van der Waals surface area contributed by atoms with Gasteiger partial charge in [-0.15, -0.1) is 0 Å². The smallest absolute Gasteiger partial charge is 0.410 e. The monoisotopic (exact) mass is 615 g/mol. The molecule has 0 aliphatic rings. The number of guanidine groups is 1. The highest BCUT2D eigenvalue weighted by Gasteiger charge is 2.23. The summed E-state index contributed by atoms with van der Waals surface area (Å²) < 4.78 is 10.7. The zero-order valence-electron chi connectivity index (χ0n) is 27.1. The Morgan fingerprint density at radius 2 is 1.42 bits per heavy atom. The molecule has 0 aliphatic heterocycles. The standard InChI is InChI=1S/C29H57N7O7/c1-28(2,3)42-26(40)34-18-13-20-36(27(41)43-29(4,5)6)19-12-11-16-32-24(39)22(15-21-37)35-23(38)14-9-7-8-10-17-33-25(30)31/h22,37H,7-21H2,1-6H3,(H,32,39)(H,34,40)(H,35,38)(H4,30,31,33). The zero-order valence-corrected chi connectivity index (χ0v) is 27.1. The maximum absolute atomic E-state index is 12.7. The number of nitrogens with two attached hydrogens (primary N) is 2. The topological polar surface area (TPSA) is 211 Å².